The third kappa shape index (κ3) is 2.11. The van der Waals surface area contributed by atoms with Gasteiger partial charge in [0.15, 0.2) is 0 Å². The van der Waals surface area contributed by atoms with Crippen LogP contribution in [0.15, 0.2) is 0 Å². The standard InChI is InChI=1S/C20H30S2/c1-13-2-15-3-14(1)8-19(7-13,9-15)21-22-20-10-16-4-17(11-20)6-18(5-16)12-20/h13-18H,1-12H2. The Hall–Kier alpha value is 0.700. The van der Waals surface area contributed by atoms with Gasteiger partial charge in [-0.25, -0.2) is 0 Å². The Morgan fingerprint density at radius 3 is 0.864 bits per heavy atom. The molecule has 0 aromatic rings. The summed E-state index contributed by atoms with van der Waals surface area (Å²) in [5.41, 5.74) is 0. The topological polar surface area (TPSA) is 0 Å². The molecule has 8 fully saturated rings. The molecule has 22 heavy (non-hydrogen) atoms. The third-order valence-corrected chi connectivity index (χ3v) is 12.5. The van der Waals surface area contributed by atoms with Crippen molar-refractivity contribution in [3.8, 4) is 0 Å². The summed E-state index contributed by atoms with van der Waals surface area (Å²) >= 11 is 0. The Labute approximate surface area is 143 Å². The van der Waals surface area contributed by atoms with E-state index in [1.807, 2.05) is 0 Å². The van der Waals surface area contributed by atoms with Crippen molar-refractivity contribution >= 4 is 21.6 Å². The third-order valence-electron chi connectivity index (χ3n) is 8.36. The summed E-state index contributed by atoms with van der Waals surface area (Å²) < 4.78 is 1.45. The maximum absolute atomic E-state index is 2.44. The van der Waals surface area contributed by atoms with Crippen LogP contribution < -0.4 is 0 Å². The molecule has 0 heterocycles. The van der Waals surface area contributed by atoms with Gasteiger partial charge in [0.05, 0.1) is 0 Å². The highest BCUT2D eigenvalue weighted by molar-refractivity contribution is 8.77. The Balaban J connectivity index is 1.20. The highest BCUT2D eigenvalue weighted by Crippen LogP contribution is 2.68. The van der Waals surface area contributed by atoms with Gasteiger partial charge in [-0.2, -0.15) is 0 Å². The minimum absolute atomic E-state index is 0.725. The first kappa shape index (κ1) is 13.9. The molecule has 0 amide bonds. The van der Waals surface area contributed by atoms with Crippen LogP contribution in [0.1, 0.15) is 77.0 Å². The molecule has 0 aliphatic heterocycles. The molecule has 8 aliphatic carbocycles. The smallest absolute Gasteiger partial charge is 0.0271 e. The highest BCUT2D eigenvalue weighted by atomic mass is 33.1. The first-order valence-corrected chi connectivity index (χ1v) is 12.2. The first-order valence-electron chi connectivity index (χ1n) is 10.0. The molecule has 8 rings (SSSR count). The maximum atomic E-state index is 2.44. The summed E-state index contributed by atoms with van der Waals surface area (Å²) in [6, 6.07) is 0. The van der Waals surface area contributed by atoms with E-state index >= 15 is 0 Å². The number of hydrogen-bond donors (Lipinski definition) is 0. The van der Waals surface area contributed by atoms with Gasteiger partial charge in [-0.3, -0.25) is 0 Å². The average Bonchev–Trinajstić information content (AvgIpc) is 2.42. The summed E-state index contributed by atoms with van der Waals surface area (Å²) in [7, 11) is 4.88. The zero-order valence-corrected chi connectivity index (χ0v) is 15.4. The lowest BCUT2D eigenvalue weighted by Gasteiger charge is -2.59. The maximum Gasteiger partial charge on any atom is 0.0271 e. The molecule has 0 saturated heterocycles. The summed E-state index contributed by atoms with van der Waals surface area (Å²) in [5, 5.41) is 0. The Morgan fingerprint density at radius 2 is 0.636 bits per heavy atom. The van der Waals surface area contributed by atoms with Crippen LogP contribution in [0.4, 0.5) is 0 Å². The molecule has 0 aromatic heterocycles. The zero-order valence-electron chi connectivity index (χ0n) is 13.8. The molecule has 0 nitrogen and oxygen atoms in total. The van der Waals surface area contributed by atoms with Crippen LogP contribution >= 0.6 is 21.6 Å². The van der Waals surface area contributed by atoms with Crippen LogP contribution in [0.5, 0.6) is 0 Å². The van der Waals surface area contributed by atoms with Gasteiger partial charge in [0.25, 0.3) is 0 Å². The van der Waals surface area contributed by atoms with E-state index in [0.717, 1.165) is 45.0 Å². The van der Waals surface area contributed by atoms with Crippen molar-refractivity contribution < 1.29 is 0 Å². The predicted molar refractivity (Wildman–Crippen MR) is 97.0 cm³/mol. The average molecular weight is 335 g/mol. The van der Waals surface area contributed by atoms with E-state index in [1.165, 1.54) is 0 Å². The molecule has 8 bridgehead atoms. The van der Waals surface area contributed by atoms with E-state index < -0.39 is 0 Å². The van der Waals surface area contributed by atoms with Crippen molar-refractivity contribution in [3.63, 3.8) is 0 Å². The molecule has 8 aliphatic rings. The summed E-state index contributed by atoms with van der Waals surface area (Å²) in [6.45, 7) is 0. The van der Waals surface area contributed by atoms with Gasteiger partial charge in [0.2, 0.25) is 0 Å². The SMILES string of the molecule is C1C2CC3CC1CC(SSC14CC5CC(CC(C5)C1)C4)(C2)C3. The zero-order chi connectivity index (χ0) is 14.4. The van der Waals surface area contributed by atoms with Gasteiger partial charge in [-0.1, -0.05) is 21.6 Å². The minimum atomic E-state index is 0.725. The summed E-state index contributed by atoms with van der Waals surface area (Å²) in [4.78, 5) is 0. The second kappa shape index (κ2) is 4.65. The fraction of sp³-hybridized carbons (Fsp3) is 1.00. The van der Waals surface area contributed by atoms with Crippen molar-refractivity contribution in [1.82, 2.24) is 0 Å². The number of rotatable bonds is 3. The fourth-order valence-electron chi connectivity index (χ4n) is 8.44. The van der Waals surface area contributed by atoms with E-state index in [4.69, 9.17) is 0 Å². The largest absolute Gasteiger partial charge is 0.0867 e. The van der Waals surface area contributed by atoms with Gasteiger partial charge in [0.1, 0.15) is 0 Å². The molecule has 122 valence electrons. The molecule has 0 aromatic carbocycles. The van der Waals surface area contributed by atoms with Crippen molar-refractivity contribution in [3.05, 3.63) is 0 Å². The molecular formula is C20H30S2. The summed E-state index contributed by atoms with van der Waals surface area (Å²) in [6.07, 6.45) is 19.1. The van der Waals surface area contributed by atoms with Crippen LogP contribution in [0.3, 0.4) is 0 Å². The first-order chi connectivity index (χ1) is 10.7. The molecule has 0 spiro atoms. The van der Waals surface area contributed by atoms with Crippen molar-refractivity contribution in [1.29, 1.82) is 0 Å². The lowest BCUT2D eigenvalue weighted by atomic mass is 9.56. The second-order valence-electron chi connectivity index (χ2n) is 10.4. The van der Waals surface area contributed by atoms with Crippen molar-refractivity contribution in [2.45, 2.75) is 86.5 Å². The molecule has 0 unspecified atom stereocenters. The van der Waals surface area contributed by atoms with E-state index in [-0.39, 0.29) is 0 Å². The van der Waals surface area contributed by atoms with E-state index in [0.29, 0.717) is 0 Å². The molecular weight excluding hydrogens is 304 g/mol. The minimum Gasteiger partial charge on any atom is -0.0867 e. The second-order valence-corrected chi connectivity index (χ2v) is 13.4. The van der Waals surface area contributed by atoms with Crippen molar-refractivity contribution in [2.75, 3.05) is 0 Å². The Bertz CT molecular complexity index is 368. The van der Waals surface area contributed by atoms with Gasteiger partial charge in [0, 0.05) is 9.49 Å². The van der Waals surface area contributed by atoms with Crippen LogP contribution in [0.2, 0.25) is 0 Å². The monoisotopic (exact) mass is 334 g/mol. The number of hydrogen-bond acceptors (Lipinski definition) is 2. The highest BCUT2D eigenvalue weighted by Gasteiger charge is 2.55. The molecule has 0 radical (unpaired) electrons. The van der Waals surface area contributed by atoms with E-state index in [2.05, 4.69) is 21.6 Å². The van der Waals surface area contributed by atoms with Gasteiger partial charge < -0.3 is 0 Å². The quantitative estimate of drug-likeness (QED) is 0.555. The lowest BCUT2D eigenvalue weighted by molar-refractivity contribution is 0.0369. The fourth-order valence-corrected chi connectivity index (χ4v) is 12.9. The van der Waals surface area contributed by atoms with Gasteiger partial charge >= 0.3 is 0 Å². The van der Waals surface area contributed by atoms with Crippen LogP contribution in [-0.4, -0.2) is 9.49 Å². The van der Waals surface area contributed by atoms with E-state index in [9.17, 15) is 0 Å². The molecule has 0 N–H and O–H groups in total. The predicted octanol–water partition coefficient (Wildman–Crippen LogP) is 6.31. The van der Waals surface area contributed by atoms with Gasteiger partial charge in [-0.15, -0.1) is 0 Å². The summed E-state index contributed by atoms with van der Waals surface area (Å²) in [5.74, 6) is 6.73. The lowest BCUT2D eigenvalue weighted by Crippen LogP contribution is -2.50. The van der Waals surface area contributed by atoms with Crippen LogP contribution in [0.25, 0.3) is 0 Å². The van der Waals surface area contributed by atoms with Crippen LogP contribution in [-0.2, 0) is 0 Å². The normalized spacial score (nSPS) is 61.1. The Morgan fingerprint density at radius 1 is 0.409 bits per heavy atom. The molecule has 0 atom stereocenters. The Kier molecular flexibility index (Phi) is 2.95. The van der Waals surface area contributed by atoms with E-state index in [1.54, 1.807) is 77.0 Å². The van der Waals surface area contributed by atoms with Gasteiger partial charge in [-0.05, 0) is 113 Å². The van der Waals surface area contributed by atoms with Crippen LogP contribution in [0, 0.1) is 35.5 Å². The van der Waals surface area contributed by atoms with Crippen molar-refractivity contribution in [2.24, 2.45) is 35.5 Å². The molecule has 8 saturated carbocycles. The molecule has 2 heteroatoms.